The predicted octanol–water partition coefficient (Wildman–Crippen LogP) is 11.9. The quantitative estimate of drug-likeness (QED) is 0.0885. The van der Waals surface area contributed by atoms with Crippen LogP contribution in [-0.2, 0) is 17.6 Å². The van der Waals surface area contributed by atoms with Crippen LogP contribution >= 0.6 is 0 Å². The molecule has 0 spiro atoms. The summed E-state index contributed by atoms with van der Waals surface area (Å²) in [7, 11) is 0. The van der Waals surface area contributed by atoms with Crippen LogP contribution < -0.4 is 0 Å². The molecule has 0 saturated heterocycles. The number of ketones is 3. The molecule has 0 radical (unpaired) electrons. The van der Waals surface area contributed by atoms with E-state index in [2.05, 4.69) is 58.2 Å². The molecule has 3 aromatic rings. The lowest BCUT2D eigenvalue weighted by Crippen LogP contribution is -2.15. The summed E-state index contributed by atoms with van der Waals surface area (Å²) in [5.74, 6) is -0.303. The van der Waals surface area contributed by atoms with Gasteiger partial charge in [0, 0.05) is 46.1 Å². The van der Waals surface area contributed by atoms with E-state index in [0.29, 0.717) is 40.2 Å². The van der Waals surface area contributed by atoms with Gasteiger partial charge < -0.3 is 0 Å². The van der Waals surface area contributed by atoms with Gasteiger partial charge in [0.05, 0.1) is 0 Å². The third kappa shape index (κ3) is 6.92. The van der Waals surface area contributed by atoms with Crippen LogP contribution in [0.3, 0.4) is 0 Å². The average molecular weight is 709 g/mol. The lowest BCUT2D eigenvalue weighted by Gasteiger charge is -2.13. The Labute approximate surface area is 320 Å². The average Bonchev–Trinajstić information content (AvgIpc) is 3.72. The molecule has 0 aliphatic heterocycles. The van der Waals surface area contributed by atoms with Crippen LogP contribution in [0.15, 0.2) is 162 Å². The van der Waals surface area contributed by atoms with Gasteiger partial charge >= 0.3 is 0 Å². The Kier molecular flexibility index (Phi) is 10.4. The first-order chi connectivity index (χ1) is 26.1. The number of carbonyl (C=O) groups excluding carboxylic acids is 3. The van der Waals surface area contributed by atoms with Crippen LogP contribution in [0.5, 0.6) is 0 Å². The summed E-state index contributed by atoms with van der Waals surface area (Å²) in [6, 6.07) is 20.3. The maximum atomic E-state index is 14.6. The van der Waals surface area contributed by atoms with Crippen molar-refractivity contribution in [1.29, 1.82) is 0 Å². The van der Waals surface area contributed by atoms with Gasteiger partial charge in [0.25, 0.3) is 0 Å². The van der Waals surface area contributed by atoms with Gasteiger partial charge in [0.2, 0.25) is 0 Å². The van der Waals surface area contributed by atoms with E-state index in [4.69, 9.17) is 0 Å². The lowest BCUT2D eigenvalue weighted by atomic mass is 9.89. The molecule has 0 aromatic heterocycles. The molecule has 4 aliphatic rings. The molecule has 0 saturated carbocycles. The van der Waals surface area contributed by atoms with Crippen LogP contribution in [0, 0.1) is 17.8 Å². The van der Waals surface area contributed by atoms with Crippen molar-refractivity contribution in [2.75, 3.05) is 0 Å². The Morgan fingerprint density at radius 1 is 0.796 bits per heavy atom. The monoisotopic (exact) mass is 708 g/mol. The van der Waals surface area contributed by atoms with E-state index in [1.54, 1.807) is 12.2 Å². The molecule has 7 rings (SSSR count). The maximum Gasteiger partial charge on any atom is 0.189 e. The number of benzene rings is 3. The van der Waals surface area contributed by atoms with E-state index in [1.807, 2.05) is 85.8 Å². The van der Waals surface area contributed by atoms with Gasteiger partial charge in [-0.05, 0) is 121 Å². The molecule has 4 aliphatic carbocycles. The highest BCUT2D eigenvalue weighted by Gasteiger charge is 2.31. The summed E-state index contributed by atoms with van der Waals surface area (Å²) < 4.78 is 0. The summed E-state index contributed by atoms with van der Waals surface area (Å²) in [5.41, 5.74) is 14.6. The second-order valence-electron chi connectivity index (χ2n) is 15.2. The minimum absolute atomic E-state index is 0.0513. The van der Waals surface area contributed by atoms with E-state index in [0.717, 1.165) is 41.5 Å². The highest BCUT2D eigenvalue weighted by Crippen LogP contribution is 2.41. The zero-order valence-corrected chi connectivity index (χ0v) is 31.9. The molecule has 270 valence electrons. The zero-order valence-electron chi connectivity index (χ0n) is 31.9. The number of hydrogen-bond donors (Lipinski definition) is 0. The molecule has 0 amide bonds. The smallest absolute Gasteiger partial charge is 0.189 e. The molecule has 3 unspecified atom stereocenters. The molecule has 0 fully saturated rings. The number of hydrogen-bond acceptors (Lipinski definition) is 3. The van der Waals surface area contributed by atoms with E-state index < -0.39 is 5.92 Å². The summed E-state index contributed by atoms with van der Waals surface area (Å²) >= 11 is 0. The number of rotatable bonds is 11. The van der Waals surface area contributed by atoms with Crippen molar-refractivity contribution < 1.29 is 14.4 Å². The summed E-state index contributed by atoms with van der Waals surface area (Å²) in [6.45, 7) is 16.4. The fraction of sp³-hybridized carbons (Fsp3) is 0.235. The van der Waals surface area contributed by atoms with Crippen LogP contribution in [-0.4, -0.2) is 17.3 Å². The van der Waals surface area contributed by atoms with E-state index in [1.165, 1.54) is 33.4 Å². The van der Waals surface area contributed by atoms with E-state index in [9.17, 15) is 14.4 Å². The van der Waals surface area contributed by atoms with Gasteiger partial charge in [0.1, 0.15) is 0 Å². The van der Waals surface area contributed by atoms with Crippen LogP contribution in [0.2, 0.25) is 0 Å². The maximum absolute atomic E-state index is 14.6. The Hall–Kier alpha value is -5.67. The fourth-order valence-corrected chi connectivity index (χ4v) is 8.84. The van der Waals surface area contributed by atoms with Crippen molar-refractivity contribution in [1.82, 2.24) is 0 Å². The van der Waals surface area contributed by atoms with Crippen molar-refractivity contribution in [2.24, 2.45) is 17.8 Å². The van der Waals surface area contributed by atoms with Crippen molar-refractivity contribution in [2.45, 2.75) is 59.8 Å². The number of Topliss-reactive ketones (excluding diaryl/α,β-unsaturated/α-hetero) is 3. The number of fused-ring (bicyclic) bond motifs is 4. The molecule has 3 nitrogen and oxygen atoms in total. The minimum Gasteiger partial charge on any atom is -0.294 e. The summed E-state index contributed by atoms with van der Waals surface area (Å²) in [6.07, 6.45) is 20.3. The molecule has 0 heterocycles. The Morgan fingerprint density at radius 3 is 2.30 bits per heavy atom. The molecule has 0 bridgehead atoms. The second kappa shape index (κ2) is 15.4. The van der Waals surface area contributed by atoms with Gasteiger partial charge in [-0.1, -0.05) is 123 Å². The first-order valence-electron chi connectivity index (χ1n) is 19.1. The lowest BCUT2D eigenvalue weighted by molar-refractivity contribution is -0.112. The molecule has 3 aromatic carbocycles. The van der Waals surface area contributed by atoms with Crippen molar-refractivity contribution in [3.05, 3.63) is 195 Å². The standard InChI is InChI=1S/C51H48O3/c1-7-10-15-45-31(4)23-41(33(45)6)24-34(9-3)49(52)44-29-37(50(53)39-19-21-46-32(5)35(13-8-2)25-42(46)27-39)17-18-38(30-44)51(54)40-20-22-48-43(28-40)26-36-14-11-12-16-47(36)48/h7-16,18-22,24,27-29,31,37,45H,1,3,17,23,25-26,30H2,2,4-6H3/b13-8?,15-10?,34-24+. The van der Waals surface area contributed by atoms with Crippen molar-refractivity contribution in [3.63, 3.8) is 0 Å². The third-order valence-electron chi connectivity index (χ3n) is 11.8. The van der Waals surface area contributed by atoms with Gasteiger partial charge in [-0.2, -0.15) is 0 Å². The topological polar surface area (TPSA) is 51.2 Å². The fourth-order valence-electron chi connectivity index (χ4n) is 8.84. The minimum atomic E-state index is -0.598. The molecular formula is C51H48O3. The molecule has 0 N–H and O–H groups in total. The zero-order chi connectivity index (χ0) is 38.1. The highest BCUT2D eigenvalue weighted by molar-refractivity contribution is 6.15. The van der Waals surface area contributed by atoms with Crippen molar-refractivity contribution in [3.8, 4) is 11.1 Å². The van der Waals surface area contributed by atoms with Crippen molar-refractivity contribution >= 4 is 22.9 Å². The second-order valence-corrected chi connectivity index (χ2v) is 15.2. The van der Waals surface area contributed by atoms with Gasteiger partial charge in [0.15, 0.2) is 17.3 Å². The highest BCUT2D eigenvalue weighted by atomic mass is 16.1. The first-order valence-corrected chi connectivity index (χ1v) is 19.1. The normalized spacial score (nSPS) is 20.8. The number of carbonyl (C=O) groups is 3. The Bertz CT molecular complexity index is 2340. The van der Waals surface area contributed by atoms with Crippen LogP contribution in [0.4, 0.5) is 0 Å². The molecular weight excluding hydrogens is 661 g/mol. The van der Waals surface area contributed by atoms with Gasteiger partial charge in [-0.25, -0.2) is 0 Å². The predicted molar refractivity (Wildman–Crippen MR) is 222 cm³/mol. The molecule has 54 heavy (non-hydrogen) atoms. The van der Waals surface area contributed by atoms with E-state index in [-0.39, 0.29) is 29.7 Å². The van der Waals surface area contributed by atoms with Gasteiger partial charge in [-0.3, -0.25) is 14.4 Å². The largest absolute Gasteiger partial charge is 0.294 e. The number of allylic oxidation sites excluding steroid dienone is 16. The molecule has 3 atom stereocenters. The summed E-state index contributed by atoms with van der Waals surface area (Å²) in [4.78, 5) is 43.3. The molecule has 3 heteroatoms. The van der Waals surface area contributed by atoms with E-state index >= 15 is 0 Å². The Morgan fingerprint density at radius 2 is 1.52 bits per heavy atom. The Balaban J connectivity index is 1.23. The van der Waals surface area contributed by atoms with Crippen LogP contribution in [0.25, 0.3) is 16.7 Å². The first kappa shape index (κ1) is 36.7. The third-order valence-corrected chi connectivity index (χ3v) is 11.8. The van der Waals surface area contributed by atoms with Gasteiger partial charge in [-0.15, -0.1) is 0 Å². The summed E-state index contributed by atoms with van der Waals surface area (Å²) in [5, 5.41) is 0. The van der Waals surface area contributed by atoms with Crippen LogP contribution in [0.1, 0.15) is 89.9 Å². The SMILES string of the molecule is C=CC=CC1C(C)=C(/C=C(\C=C)C(=O)C2=CC(C(=O)c3ccc4c(c3)CC(C=CC)=C4C)CC=C(C(=O)c3ccc4c(c3)Cc3ccccc3-4)C2)CC1C.